The van der Waals surface area contributed by atoms with Crippen molar-refractivity contribution in [2.75, 3.05) is 19.8 Å². The van der Waals surface area contributed by atoms with Crippen molar-refractivity contribution in [2.45, 2.75) is 6.54 Å². The van der Waals surface area contributed by atoms with Crippen LogP contribution in [0.2, 0.25) is 0 Å². The molecular weight excluding hydrogens is 206 g/mol. The van der Waals surface area contributed by atoms with Gasteiger partial charge in [-0.25, -0.2) is 9.97 Å². The molecule has 0 radical (unpaired) electrons. The van der Waals surface area contributed by atoms with Gasteiger partial charge in [-0.15, -0.1) is 0 Å². The van der Waals surface area contributed by atoms with Crippen LogP contribution in [0.25, 0.3) is 11.2 Å². The second-order valence-corrected chi connectivity index (χ2v) is 3.69. The average molecular weight is 219 g/mol. The van der Waals surface area contributed by atoms with Gasteiger partial charge in [0.2, 0.25) is 11.9 Å². The quantitative estimate of drug-likeness (QED) is 0.777. The standard InChI is InChI=1S/C10H13N5O/c1-14(2)8(16)6-15-9-7(13-10(15)11)4-3-5-12-9/h3-5H,6H2,1-2H3,(H2,11,13). The number of anilines is 1. The highest BCUT2D eigenvalue weighted by atomic mass is 16.2. The summed E-state index contributed by atoms with van der Waals surface area (Å²) in [4.78, 5) is 21.4. The van der Waals surface area contributed by atoms with Crippen molar-refractivity contribution in [3.05, 3.63) is 18.3 Å². The van der Waals surface area contributed by atoms with Crippen LogP contribution in [0.5, 0.6) is 0 Å². The molecule has 2 aromatic rings. The fourth-order valence-corrected chi connectivity index (χ4v) is 1.41. The van der Waals surface area contributed by atoms with Gasteiger partial charge in [0.1, 0.15) is 12.1 Å². The SMILES string of the molecule is CN(C)C(=O)Cn1c(N)nc2cccnc21. The van der Waals surface area contributed by atoms with Gasteiger partial charge in [0, 0.05) is 20.3 Å². The van der Waals surface area contributed by atoms with Crippen molar-refractivity contribution in [3.8, 4) is 0 Å². The number of hydrogen-bond donors (Lipinski definition) is 1. The minimum Gasteiger partial charge on any atom is -0.369 e. The summed E-state index contributed by atoms with van der Waals surface area (Å²) in [5.74, 6) is 0.264. The summed E-state index contributed by atoms with van der Waals surface area (Å²) in [6, 6.07) is 3.60. The normalized spacial score (nSPS) is 10.6. The molecule has 16 heavy (non-hydrogen) atoms. The zero-order valence-electron chi connectivity index (χ0n) is 9.21. The molecular formula is C10H13N5O. The van der Waals surface area contributed by atoms with E-state index < -0.39 is 0 Å². The smallest absolute Gasteiger partial charge is 0.242 e. The summed E-state index contributed by atoms with van der Waals surface area (Å²) in [6.45, 7) is 0.159. The van der Waals surface area contributed by atoms with Crippen LogP contribution in [-0.4, -0.2) is 39.4 Å². The Labute approximate surface area is 92.7 Å². The highest BCUT2D eigenvalue weighted by Gasteiger charge is 2.13. The topological polar surface area (TPSA) is 77.0 Å². The molecule has 6 heteroatoms. The molecule has 0 unspecified atom stereocenters. The lowest BCUT2D eigenvalue weighted by atomic mass is 10.4. The van der Waals surface area contributed by atoms with Crippen molar-refractivity contribution < 1.29 is 4.79 Å². The van der Waals surface area contributed by atoms with Gasteiger partial charge in [0.05, 0.1) is 0 Å². The molecule has 2 N–H and O–H groups in total. The molecule has 0 aliphatic heterocycles. The maximum absolute atomic E-state index is 11.6. The fourth-order valence-electron chi connectivity index (χ4n) is 1.41. The van der Waals surface area contributed by atoms with E-state index in [1.807, 2.05) is 6.07 Å². The Hall–Kier alpha value is -2.11. The Morgan fingerprint density at radius 3 is 3.00 bits per heavy atom. The molecule has 2 rings (SSSR count). The third-order valence-corrected chi connectivity index (χ3v) is 2.33. The number of nitrogen functional groups attached to an aromatic ring is 1. The van der Waals surface area contributed by atoms with Crippen molar-refractivity contribution in [3.63, 3.8) is 0 Å². The van der Waals surface area contributed by atoms with E-state index in [4.69, 9.17) is 5.73 Å². The Bertz CT molecular complexity index is 531. The third kappa shape index (κ3) is 1.69. The molecule has 0 fully saturated rings. The van der Waals surface area contributed by atoms with Gasteiger partial charge in [0.15, 0.2) is 5.65 Å². The van der Waals surface area contributed by atoms with E-state index in [1.54, 1.807) is 30.9 Å². The minimum atomic E-state index is -0.0448. The number of rotatable bonds is 2. The Balaban J connectivity index is 2.44. The highest BCUT2D eigenvalue weighted by molar-refractivity contribution is 5.80. The monoisotopic (exact) mass is 219 g/mol. The number of nitrogens with two attached hydrogens (primary N) is 1. The zero-order chi connectivity index (χ0) is 11.7. The first kappa shape index (κ1) is 10.4. The largest absolute Gasteiger partial charge is 0.369 e. The van der Waals surface area contributed by atoms with Gasteiger partial charge < -0.3 is 10.6 Å². The van der Waals surface area contributed by atoms with Gasteiger partial charge in [-0.1, -0.05) is 0 Å². The molecule has 0 aliphatic rings. The Morgan fingerprint density at radius 2 is 2.31 bits per heavy atom. The van der Waals surface area contributed by atoms with Crippen LogP contribution in [-0.2, 0) is 11.3 Å². The summed E-state index contributed by atoms with van der Waals surface area (Å²) in [5.41, 5.74) is 7.08. The molecule has 1 amide bonds. The van der Waals surface area contributed by atoms with E-state index >= 15 is 0 Å². The van der Waals surface area contributed by atoms with Crippen LogP contribution in [0.15, 0.2) is 18.3 Å². The van der Waals surface area contributed by atoms with Crippen LogP contribution in [0.4, 0.5) is 5.95 Å². The molecule has 2 heterocycles. The lowest BCUT2D eigenvalue weighted by Gasteiger charge is -2.11. The molecule has 6 nitrogen and oxygen atoms in total. The predicted molar refractivity (Wildman–Crippen MR) is 60.6 cm³/mol. The maximum atomic E-state index is 11.6. The number of nitrogens with zero attached hydrogens (tertiary/aromatic N) is 4. The number of carbonyl (C=O) groups is 1. The summed E-state index contributed by atoms with van der Waals surface area (Å²) in [5, 5.41) is 0. The van der Waals surface area contributed by atoms with E-state index in [0.717, 1.165) is 0 Å². The molecule has 0 saturated heterocycles. The van der Waals surface area contributed by atoms with Crippen LogP contribution in [0.1, 0.15) is 0 Å². The van der Waals surface area contributed by atoms with E-state index in [2.05, 4.69) is 9.97 Å². The first-order valence-electron chi connectivity index (χ1n) is 4.86. The molecule has 0 bridgehead atoms. The second kappa shape index (κ2) is 3.80. The number of pyridine rings is 1. The van der Waals surface area contributed by atoms with Gasteiger partial charge in [-0.2, -0.15) is 0 Å². The van der Waals surface area contributed by atoms with Gasteiger partial charge in [-0.3, -0.25) is 9.36 Å². The molecule has 2 aromatic heterocycles. The van der Waals surface area contributed by atoms with E-state index in [-0.39, 0.29) is 12.5 Å². The lowest BCUT2D eigenvalue weighted by molar-refractivity contribution is -0.129. The van der Waals surface area contributed by atoms with Crippen molar-refractivity contribution in [1.82, 2.24) is 19.4 Å². The average Bonchev–Trinajstić information content (AvgIpc) is 2.55. The maximum Gasteiger partial charge on any atom is 0.242 e. The van der Waals surface area contributed by atoms with Crippen LogP contribution < -0.4 is 5.73 Å². The third-order valence-electron chi connectivity index (χ3n) is 2.33. The van der Waals surface area contributed by atoms with Crippen LogP contribution >= 0.6 is 0 Å². The van der Waals surface area contributed by atoms with Crippen molar-refractivity contribution in [1.29, 1.82) is 0 Å². The number of carbonyl (C=O) groups excluding carboxylic acids is 1. The molecule has 0 aliphatic carbocycles. The molecule has 0 aromatic carbocycles. The summed E-state index contributed by atoms with van der Waals surface area (Å²) >= 11 is 0. The fraction of sp³-hybridized carbons (Fsp3) is 0.300. The molecule has 0 saturated carbocycles. The summed E-state index contributed by atoms with van der Waals surface area (Å²) in [7, 11) is 3.40. The first-order chi connectivity index (χ1) is 7.59. The highest BCUT2D eigenvalue weighted by Crippen LogP contribution is 2.14. The Kier molecular flexibility index (Phi) is 2.47. The van der Waals surface area contributed by atoms with E-state index in [1.165, 1.54) is 4.90 Å². The molecule has 84 valence electrons. The number of likely N-dealkylation sites (N-methyl/N-ethyl adjacent to an activating group) is 1. The second-order valence-electron chi connectivity index (χ2n) is 3.69. The number of aromatic nitrogens is 3. The van der Waals surface area contributed by atoms with Gasteiger partial charge in [-0.05, 0) is 12.1 Å². The van der Waals surface area contributed by atoms with E-state index in [0.29, 0.717) is 17.1 Å². The summed E-state index contributed by atoms with van der Waals surface area (Å²) < 4.78 is 1.61. The lowest BCUT2D eigenvalue weighted by Crippen LogP contribution is -2.26. The number of imidazole rings is 1. The zero-order valence-corrected chi connectivity index (χ0v) is 9.21. The van der Waals surface area contributed by atoms with Crippen molar-refractivity contribution >= 4 is 23.0 Å². The van der Waals surface area contributed by atoms with Crippen LogP contribution in [0, 0.1) is 0 Å². The molecule has 0 atom stereocenters. The minimum absolute atomic E-state index is 0.0448. The van der Waals surface area contributed by atoms with Gasteiger partial charge >= 0.3 is 0 Å². The number of fused-ring (bicyclic) bond motifs is 1. The van der Waals surface area contributed by atoms with E-state index in [9.17, 15) is 4.79 Å². The van der Waals surface area contributed by atoms with Gasteiger partial charge in [0.25, 0.3) is 0 Å². The van der Waals surface area contributed by atoms with Crippen LogP contribution in [0.3, 0.4) is 0 Å². The summed E-state index contributed by atoms with van der Waals surface area (Å²) in [6.07, 6.45) is 1.65. The van der Waals surface area contributed by atoms with Crippen molar-refractivity contribution in [2.24, 2.45) is 0 Å². The Morgan fingerprint density at radius 1 is 1.56 bits per heavy atom. The first-order valence-corrected chi connectivity index (χ1v) is 4.86. The number of amides is 1. The number of hydrogen-bond acceptors (Lipinski definition) is 4. The molecule has 0 spiro atoms. The predicted octanol–water partition coefficient (Wildman–Crippen LogP) is 0.102.